The molecule has 2 fully saturated rings. The van der Waals surface area contributed by atoms with Crippen LogP contribution in [0.25, 0.3) is 5.76 Å². The van der Waals surface area contributed by atoms with Crippen molar-refractivity contribution in [3.63, 3.8) is 0 Å². The van der Waals surface area contributed by atoms with Gasteiger partial charge in [-0.2, -0.15) is 0 Å². The van der Waals surface area contributed by atoms with E-state index in [0.717, 1.165) is 37.5 Å². The summed E-state index contributed by atoms with van der Waals surface area (Å²) in [6, 6.07) is 14.9. The number of anilines is 2. The lowest BCUT2D eigenvalue weighted by Crippen LogP contribution is -2.33. The van der Waals surface area contributed by atoms with Crippen molar-refractivity contribution in [3.8, 4) is 11.5 Å². The van der Waals surface area contributed by atoms with E-state index in [-0.39, 0.29) is 11.3 Å². The molecule has 37 heavy (non-hydrogen) atoms. The van der Waals surface area contributed by atoms with Crippen LogP contribution in [0.5, 0.6) is 11.5 Å². The van der Waals surface area contributed by atoms with Crippen LogP contribution in [0.4, 0.5) is 11.4 Å². The largest absolute Gasteiger partial charge is 0.507 e. The summed E-state index contributed by atoms with van der Waals surface area (Å²) in [4.78, 5) is 30.4. The first-order valence-corrected chi connectivity index (χ1v) is 12.3. The third-order valence-electron chi connectivity index (χ3n) is 7.19. The maximum absolute atomic E-state index is 13.3. The molecule has 8 nitrogen and oxygen atoms in total. The first-order chi connectivity index (χ1) is 17.9. The zero-order valence-corrected chi connectivity index (χ0v) is 21.1. The highest BCUT2D eigenvalue weighted by Crippen LogP contribution is 2.43. The van der Waals surface area contributed by atoms with E-state index in [1.54, 1.807) is 30.3 Å². The highest BCUT2D eigenvalue weighted by molar-refractivity contribution is 6.51. The summed E-state index contributed by atoms with van der Waals surface area (Å²) in [5.74, 6) is 0.119. The van der Waals surface area contributed by atoms with Gasteiger partial charge in [0.25, 0.3) is 11.7 Å². The average Bonchev–Trinajstić information content (AvgIpc) is 3.55. The Balaban J connectivity index is 1.55. The number of methoxy groups -OCH3 is 2. The van der Waals surface area contributed by atoms with Gasteiger partial charge in [-0.15, -0.1) is 0 Å². The molecule has 2 aliphatic heterocycles. The number of carbonyl (C=O) groups excluding carboxylic acids is 2. The van der Waals surface area contributed by atoms with E-state index < -0.39 is 17.7 Å². The number of hydrogen-bond donors (Lipinski definition) is 1. The van der Waals surface area contributed by atoms with Gasteiger partial charge in [-0.3, -0.25) is 14.5 Å². The minimum absolute atomic E-state index is 0.0544. The van der Waals surface area contributed by atoms with E-state index in [1.165, 1.54) is 25.4 Å². The second-order valence-corrected chi connectivity index (χ2v) is 9.44. The predicted octanol–water partition coefficient (Wildman–Crippen LogP) is 5.16. The monoisotopic (exact) mass is 502 g/mol. The molecule has 2 aromatic carbocycles. The van der Waals surface area contributed by atoms with Crippen molar-refractivity contribution in [1.82, 2.24) is 0 Å². The van der Waals surface area contributed by atoms with E-state index in [9.17, 15) is 14.7 Å². The van der Waals surface area contributed by atoms with Gasteiger partial charge in [0.2, 0.25) is 0 Å². The van der Waals surface area contributed by atoms with Gasteiger partial charge in [-0.25, -0.2) is 0 Å². The molecule has 3 aromatic rings. The molecule has 2 saturated heterocycles. The number of aliphatic hydroxyl groups is 1. The molecule has 2 aliphatic rings. The summed E-state index contributed by atoms with van der Waals surface area (Å²) in [5.41, 5.74) is 1.89. The summed E-state index contributed by atoms with van der Waals surface area (Å²) in [5, 5.41) is 11.3. The van der Waals surface area contributed by atoms with E-state index in [4.69, 9.17) is 13.9 Å². The van der Waals surface area contributed by atoms with E-state index in [0.29, 0.717) is 28.5 Å². The van der Waals surface area contributed by atoms with Gasteiger partial charge >= 0.3 is 0 Å². The summed E-state index contributed by atoms with van der Waals surface area (Å²) in [6.45, 7) is 4.25. The number of ketones is 1. The zero-order valence-electron chi connectivity index (χ0n) is 21.1. The van der Waals surface area contributed by atoms with Crippen LogP contribution < -0.4 is 19.3 Å². The molecule has 1 atom stereocenters. The SMILES string of the molecule is COc1ccc(/C(O)=C2/C(=O)C(=O)N(c3ccc(N4CCC(C)CC4)cc3)C2c2ccco2)cc1OC. The minimum Gasteiger partial charge on any atom is -0.507 e. The summed E-state index contributed by atoms with van der Waals surface area (Å²) in [7, 11) is 2.99. The van der Waals surface area contributed by atoms with Crippen LogP contribution in [0.2, 0.25) is 0 Å². The fraction of sp³-hybridized carbons (Fsp3) is 0.310. The van der Waals surface area contributed by atoms with Gasteiger partial charge in [-0.1, -0.05) is 6.92 Å². The lowest BCUT2D eigenvalue weighted by atomic mass is 9.98. The second kappa shape index (κ2) is 10.0. The Hall–Kier alpha value is -4.20. The fourth-order valence-corrected chi connectivity index (χ4v) is 5.04. The maximum atomic E-state index is 13.3. The van der Waals surface area contributed by atoms with Crippen molar-refractivity contribution in [2.45, 2.75) is 25.8 Å². The molecule has 192 valence electrons. The van der Waals surface area contributed by atoms with Crippen molar-refractivity contribution in [2.24, 2.45) is 5.92 Å². The van der Waals surface area contributed by atoms with Crippen LogP contribution in [0, 0.1) is 5.92 Å². The smallest absolute Gasteiger partial charge is 0.300 e. The molecule has 0 bridgehead atoms. The molecular formula is C29H30N2O6. The summed E-state index contributed by atoms with van der Waals surface area (Å²) < 4.78 is 16.3. The molecule has 1 unspecified atom stereocenters. The number of rotatable bonds is 6. The second-order valence-electron chi connectivity index (χ2n) is 9.44. The minimum atomic E-state index is -0.926. The molecule has 1 amide bonds. The van der Waals surface area contributed by atoms with E-state index in [1.807, 2.05) is 24.3 Å². The van der Waals surface area contributed by atoms with E-state index in [2.05, 4.69) is 11.8 Å². The molecule has 3 heterocycles. The number of ether oxygens (including phenoxy) is 2. The lowest BCUT2D eigenvalue weighted by molar-refractivity contribution is -0.132. The van der Waals surface area contributed by atoms with Crippen molar-refractivity contribution in [3.05, 3.63) is 77.8 Å². The third-order valence-corrected chi connectivity index (χ3v) is 7.19. The summed E-state index contributed by atoms with van der Waals surface area (Å²) in [6.07, 6.45) is 3.77. The molecule has 0 radical (unpaired) electrons. The van der Waals surface area contributed by atoms with Crippen molar-refractivity contribution < 1.29 is 28.6 Å². The van der Waals surface area contributed by atoms with Gasteiger partial charge in [0, 0.05) is 30.0 Å². The molecule has 5 rings (SSSR count). The Bertz CT molecular complexity index is 1320. The number of nitrogens with zero attached hydrogens (tertiary/aromatic N) is 2. The lowest BCUT2D eigenvalue weighted by Gasteiger charge is -2.32. The number of furan rings is 1. The maximum Gasteiger partial charge on any atom is 0.300 e. The van der Waals surface area contributed by atoms with Crippen LogP contribution in [0.1, 0.15) is 37.1 Å². The Morgan fingerprint density at radius 3 is 2.24 bits per heavy atom. The zero-order chi connectivity index (χ0) is 26.1. The third kappa shape index (κ3) is 4.43. The van der Waals surface area contributed by atoms with Crippen molar-refractivity contribution in [2.75, 3.05) is 37.1 Å². The Morgan fingerprint density at radius 1 is 0.946 bits per heavy atom. The standard InChI is InChI=1S/C29H30N2O6/c1-18-12-14-30(15-13-18)20-7-9-21(10-8-20)31-26(23-5-4-16-37-23)25(28(33)29(31)34)27(32)19-6-11-22(35-2)24(17-19)36-3/h4-11,16-18,26,32H,12-15H2,1-3H3/b27-25-. The Morgan fingerprint density at radius 2 is 1.62 bits per heavy atom. The normalized spacial score (nSPS) is 19.9. The van der Waals surface area contributed by atoms with Crippen LogP contribution >= 0.6 is 0 Å². The first-order valence-electron chi connectivity index (χ1n) is 12.3. The first kappa shape index (κ1) is 24.5. The van der Waals surface area contributed by atoms with Crippen LogP contribution in [0.3, 0.4) is 0 Å². The molecule has 8 heteroatoms. The van der Waals surface area contributed by atoms with Gasteiger partial charge in [0.1, 0.15) is 17.6 Å². The number of aliphatic hydroxyl groups excluding tert-OH is 1. The number of benzene rings is 2. The summed E-state index contributed by atoms with van der Waals surface area (Å²) >= 11 is 0. The fourth-order valence-electron chi connectivity index (χ4n) is 5.04. The Labute approximate surface area is 215 Å². The highest BCUT2D eigenvalue weighted by Gasteiger charge is 2.48. The number of amides is 1. The van der Waals surface area contributed by atoms with Crippen LogP contribution in [-0.2, 0) is 9.59 Å². The van der Waals surface area contributed by atoms with Crippen LogP contribution in [0.15, 0.2) is 70.9 Å². The van der Waals surface area contributed by atoms with Gasteiger partial charge in [-0.05, 0) is 73.4 Å². The van der Waals surface area contributed by atoms with Gasteiger partial charge in [0.05, 0.1) is 26.1 Å². The highest BCUT2D eigenvalue weighted by atomic mass is 16.5. The molecule has 1 aromatic heterocycles. The molecule has 0 spiro atoms. The Kier molecular flexibility index (Phi) is 6.65. The van der Waals surface area contributed by atoms with Crippen molar-refractivity contribution >= 4 is 28.8 Å². The number of piperidine rings is 1. The van der Waals surface area contributed by atoms with Crippen molar-refractivity contribution in [1.29, 1.82) is 0 Å². The number of hydrogen-bond acceptors (Lipinski definition) is 7. The van der Waals surface area contributed by atoms with Crippen LogP contribution in [-0.4, -0.2) is 44.1 Å². The van der Waals surface area contributed by atoms with Gasteiger partial charge in [0.15, 0.2) is 11.5 Å². The molecule has 0 aliphatic carbocycles. The average molecular weight is 503 g/mol. The molecular weight excluding hydrogens is 472 g/mol. The quantitative estimate of drug-likeness (QED) is 0.283. The van der Waals surface area contributed by atoms with Gasteiger partial charge < -0.3 is 23.9 Å². The molecule has 1 N–H and O–H groups in total. The topological polar surface area (TPSA) is 92.5 Å². The number of Topliss-reactive ketones (excluding diaryl/α,β-unsaturated/α-hetero) is 1. The van der Waals surface area contributed by atoms with E-state index >= 15 is 0 Å². The predicted molar refractivity (Wildman–Crippen MR) is 140 cm³/mol. The molecule has 0 saturated carbocycles. The number of carbonyl (C=O) groups is 2.